The quantitative estimate of drug-likeness (QED) is 0.255. The number of carbonyl (C=O) groups excluding carboxylic acids is 1. The molecule has 3 aromatic rings. The van der Waals surface area contributed by atoms with Crippen molar-refractivity contribution in [2.45, 2.75) is 40.2 Å². The topological polar surface area (TPSA) is 116 Å². The van der Waals surface area contributed by atoms with Gasteiger partial charge in [0.15, 0.2) is 0 Å². The third-order valence-electron chi connectivity index (χ3n) is 5.46. The number of nitrogens with two attached hydrogens (primary N) is 2. The van der Waals surface area contributed by atoms with Crippen LogP contribution in [0.4, 0.5) is 0 Å². The molecule has 10 heteroatoms. The molecule has 0 aromatic heterocycles. The molecule has 0 spiro atoms. The van der Waals surface area contributed by atoms with Crippen molar-refractivity contribution in [1.82, 2.24) is 0 Å². The van der Waals surface area contributed by atoms with Crippen LogP contribution in [0.5, 0.6) is 0 Å². The van der Waals surface area contributed by atoms with Gasteiger partial charge in [0.05, 0.1) is 5.56 Å². The third kappa shape index (κ3) is 12.3. The lowest BCUT2D eigenvalue weighted by atomic mass is 10.1. The maximum Gasteiger partial charge on any atom is 0.335 e. The van der Waals surface area contributed by atoms with Gasteiger partial charge < -0.3 is 21.3 Å². The van der Waals surface area contributed by atoms with E-state index in [0.717, 1.165) is 37.8 Å². The second-order valence-corrected chi connectivity index (χ2v) is 10.6. The van der Waals surface area contributed by atoms with Crippen LogP contribution in [0.2, 0.25) is 0 Å². The minimum absolute atomic E-state index is 0. The first kappa shape index (κ1) is 36.0. The van der Waals surface area contributed by atoms with Crippen molar-refractivity contribution in [2.75, 3.05) is 13.2 Å². The Morgan fingerprint density at radius 3 is 1.53 bits per heavy atom. The number of rotatable bonds is 3. The van der Waals surface area contributed by atoms with Crippen LogP contribution in [0.25, 0.3) is 0 Å². The smallest absolute Gasteiger partial charge is 0.335 e. The Morgan fingerprint density at radius 2 is 1.21 bits per heavy atom. The molecule has 5 N–H and O–H groups in total. The van der Waals surface area contributed by atoms with E-state index in [-0.39, 0.29) is 14.3 Å². The Labute approximate surface area is 252 Å². The molecule has 203 valence electrons. The number of benzene rings is 3. The Bertz CT molecular complexity index is 1120. The second kappa shape index (κ2) is 19.1. The minimum atomic E-state index is -0.885. The largest absolute Gasteiger partial charge is 0.478 e. The van der Waals surface area contributed by atoms with Gasteiger partial charge in [-0.25, -0.2) is 4.79 Å². The minimum Gasteiger partial charge on any atom is -0.478 e. The van der Waals surface area contributed by atoms with Crippen molar-refractivity contribution in [2.24, 2.45) is 11.5 Å². The summed E-state index contributed by atoms with van der Waals surface area (Å²) in [6.45, 7) is 8.30. The van der Waals surface area contributed by atoms with Crippen LogP contribution >= 0.6 is 47.8 Å². The lowest BCUT2D eigenvalue weighted by molar-refractivity contribution is 0.0695. The Hall–Kier alpha value is -1.98. The molecule has 0 atom stereocenters. The van der Waals surface area contributed by atoms with Crippen LogP contribution in [0.1, 0.15) is 55.8 Å². The van der Waals surface area contributed by atoms with Gasteiger partial charge in [-0.15, -0.1) is 0 Å². The standard InChI is InChI=1S/C8H8BrNO.C8H10BrN.C8H7BrO2.C4H8O.B/c1-5-6(8(10)11)3-2-4-7(5)9;1-6-7(5-10)3-2-4-8(6)9;1-5-6(8(10)11)3-2-4-7(5)9;1-2-4-5-3-1;/h2-4H,1H3,(H2,10,11);2-4H,5,10H2,1H3;2-4H,1H3,(H,10,11);1-4H2;. The number of hydrogen-bond donors (Lipinski definition) is 3. The predicted molar refractivity (Wildman–Crippen MR) is 166 cm³/mol. The molecule has 38 heavy (non-hydrogen) atoms. The van der Waals surface area contributed by atoms with E-state index in [9.17, 15) is 9.59 Å². The van der Waals surface area contributed by atoms with Crippen molar-refractivity contribution in [3.63, 3.8) is 0 Å². The highest BCUT2D eigenvalue weighted by Gasteiger charge is 2.07. The van der Waals surface area contributed by atoms with Crippen LogP contribution in [0.15, 0.2) is 68.0 Å². The van der Waals surface area contributed by atoms with Crippen molar-refractivity contribution in [1.29, 1.82) is 0 Å². The number of aromatic carboxylic acids is 1. The highest BCUT2D eigenvalue weighted by atomic mass is 79.9. The first-order chi connectivity index (χ1) is 17.5. The summed E-state index contributed by atoms with van der Waals surface area (Å²) < 4.78 is 7.82. The van der Waals surface area contributed by atoms with E-state index in [0.29, 0.717) is 17.7 Å². The Balaban J connectivity index is 0.000000490. The molecule has 0 bridgehead atoms. The van der Waals surface area contributed by atoms with Crippen LogP contribution in [0.3, 0.4) is 0 Å². The normalized spacial score (nSPS) is 11.3. The third-order valence-corrected chi connectivity index (χ3v) is 8.04. The molecule has 1 fully saturated rings. The van der Waals surface area contributed by atoms with Gasteiger partial charge in [-0.2, -0.15) is 0 Å². The average Bonchev–Trinajstić information content (AvgIpc) is 3.45. The summed E-state index contributed by atoms with van der Waals surface area (Å²) in [6.07, 6.45) is 2.56. The van der Waals surface area contributed by atoms with Gasteiger partial charge in [0.2, 0.25) is 5.91 Å². The molecule has 1 amide bonds. The molecule has 4 rings (SSSR count). The van der Waals surface area contributed by atoms with Crippen molar-refractivity contribution >= 4 is 68.1 Å². The van der Waals surface area contributed by atoms with Crippen LogP contribution < -0.4 is 11.5 Å². The van der Waals surface area contributed by atoms with Gasteiger partial charge in [0, 0.05) is 47.2 Å². The zero-order valence-electron chi connectivity index (χ0n) is 21.8. The number of carboxylic acid groups (broad SMARTS) is 1. The summed E-state index contributed by atoms with van der Waals surface area (Å²) in [5.74, 6) is -1.27. The fraction of sp³-hybridized carbons (Fsp3) is 0.286. The molecule has 3 aromatic carbocycles. The fourth-order valence-electron chi connectivity index (χ4n) is 3.10. The highest BCUT2D eigenvalue weighted by molar-refractivity contribution is 9.11. The van der Waals surface area contributed by atoms with E-state index in [1.807, 2.05) is 37.3 Å². The van der Waals surface area contributed by atoms with E-state index in [1.54, 1.807) is 31.2 Å². The molecule has 1 aliphatic rings. The van der Waals surface area contributed by atoms with E-state index < -0.39 is 5.97 Å². The average molecular weight is 712 g/mol. The summed E-state index contributed by atoms with van der Waals surface area (Å²) in [4.78, 5) is 21.3. The van der Waals surface area contributed by atoms with Gasteiger partial charge in [0.25, 0.3) is 0 Å². The van der Waals surface area contributed by atoms with E-state index in [1.165, 1.54) is 24.0 Å². The number of primary amides is 1. The number of hydrogen-bond acceptors (Lipinski definition) is 4. The number of carboxylic acids is 1. The fourth-order valence-corrected chi connectivity index (χ4v) is 4.24. The molecule has 1 saturated heterocycles. The first-order valence-corrected chi connectivity index (χ1v) is 13.9. The number of amides is 1. The molecule has 6 nitrogen and oxygen atoms in total. The molecule has 1 aliphatic heterocycles. The molecule has 3 radical (unpaired) electrons. The van der Waals surface area contributed by atoms with Gasteiger partial charge in [-0.3, -0.25) is 4.79 Å². The maximum atomic E-state index is 10.8. The predicted octanol–water partition coefficient (Wildman–Crippen LogP) is 6.94. The summed E-state index contributed by atoms with van der Waals surface area (Å²) in [7, 11) is 0. The van der Waals surface area contributed by atoms with E-state index in [2.05, 4.69) is 54.7 Å². The molecule has 0 saturated carbocycles. The van der Waals surface area contributed by atoms with Gasteiger partial charge >= 0.3 is 5.97 Å². The summed E-state index contributed by atoms with van der Waals surface area (Å²) in [5, 5.41) is 8.67. The lowest BCUT2D eigenvalue weighted by Gasteiger charge is -2.02. The number of halogens is 3. The summed E-state index contributed by atoms with van der Waals surface area (Å²) in [5.41, 5.74) is 15.6. The summed E-state index contributed by atoms with van der Waals surface area (Å²) >= 11 is 9.99. The maximum absolute atomic E-state index is 10.8. The SMILES string of the molecule is C1CCOC1.Cc1c(Br)cccc1C(=O)O.Cc1c(Br)cccc1C(N)=O.Cc1c(Br)cccc1CN.[B]. The molecular weight excluding hydrogens is 679 g/mol. The Morgan fingerprint density at radius 1 is 0.789 bits per heavy atom. The van der Waals surface area contributed by atoms with Crippen molar-refractivity contribution in [3.05, 3.63) is 101 Å². The van der Waals surface area contributed by atoms with Crippen LogP contribution in [-0.4, -0.2) is 38.6 Å². The highest BCUT2D eigenvalue weighted by Crippen LogP contribution is 2.20. The van der Waals surface area contributed by atoms with Gasteiger partial charge in [-0.1, -0.05) is 72.1 Å². The summed E-state index contributed by atoms with van der Waals surface area (Å²) in [6, 6.07) is 16.6. The van der Waals surface area contributed by atoms with Crippen LogP contribution in [-0.2, 0) is 11.3 Å². The van der Waals surface area contributed by atoms with Crippen LogP contribution in [0, 0.1) is 20.8 Å². The first-order valence-electron chi connectivity index (χ1n) is 11.6. The zero-order valence-corrected chi connectivity index (χ0v) is 26.5. The lowest BCUT2D eigenvalue weighted by Crippen LogP contribution is -2.12. The zero-order chi connectivity index (χ0) is 28.0. The Kier molecular flexibility index (Phi) is 18.1. The van der Waals surface area contributed by atoms with E-state index in [4.69, 9.17) is 21.3 Å². The van der Waals surface area contributed by atoms with Gasteiger partial charge in [0.1, 0.15) is 0 Å². The molecular formula is C28H33BBr3N2O4. The molecule has 0 aliphatic carbocycles. The monoisotopic (exact) mass is 709 g/mol. The van der Waals surface area contributed by atoms with E-state index >= 15 is 0 Å². The second-order valence-electron chi connectivity index (χ2n) is 8.04. The number of carbonyl (C=O) groups is 2. The molecule has 1 heterocycles. The van der Waals surface area contributed by atoms with Crippen molar-refractivity contribution in [3.8, 4) is 0 Å². The van der Waals surface area contributed by atoms with Crippen molar-refractivity contribution < 1.29 is 19.4 Å². The molecule has 0 unspecified atom stereocenters. The van der Waals surface area contributed by atoms with Gasteiger partial charge in [-0.05, 0) is 86.2 Å². The number of ether oxygens (including phenoxy) is 1.